The van der Waals surface area contributed by atoms with Crippen molar-refractivity contribution in [1.82, 2.24) is 29.5 Å². The quantitative estimate of drug-likeness (QED) is 0.444. The van der Waals surface area contributed by atoms with E-state index < -0.39 is 0 Å². The number of fused-ring (bicyclic) bond motifs is 2. The first kappa shape index (κ1) is 23.7. The first-order valence-corrected chi connectivity index (χ1v) is 12.3. The third-order valence-electron chi connectivity index (χ3n) is 7.37. The Morgan fingerprint density at radius 1 is 1.20 bits per heavy atom. The van der Waals surface area contributed by atoms with Gasteiger partial charge >= 0.3 is 0 Å². The van der Waals surface area contributed by atoms with Crippen LogP contribution in [-0.2, 0) is 4.74 Å². The highest BCUT2D eigenvalue weighted by Crippen LogP contribution is 2.40. The molecular formula is C26H34FN7O. The van der Waals surface area contributed by atoms with Crippen molar-refractivity contribution in [3.05, 3.63) is 41.2 Å². The maximum absolute atomic E-state index is 16.3. The number of hydrogen-bond acceptors (Lipinski definition) is 6. The smallest absolute Gasteiger partial charge is 0.175 e. The van der Waals surface area contributed by atoms with Crippen LogP contribution in [0.4, 0.5) is 10.2 Å². The van der Waals surface area contributed by atoms with Crippen molar-refractivity contribution in [2.24, 2.45) is 0 Å². The molecule has 4 aromatic rings. The van der Waals surface area contributed by atoms with E-state index in [9.17, 15) is 0 Å². The van der Waals surface area contributed by atoms with E-state index >= 15 is 4.39 Å². The van der Waals surface area contributed by atoms with Gasteiger partial charge in [-0.25, -0.2) is 18.9 Å². The Morgan fingerprint density at radius 3 is 2.71 bits per heavy atom. The van der Waals surface area contributed by atoms with Crippen molar-refractivity contribution in [3.8, 4) is 11.3 Å². The summed E-state index contributed by atoms with van der Waals surface area (Å²) in [6.45, 7) is 14.5. The summed E-state index contributed by atoms with van der Waals surface area (Å²) in [7, 11) is 1.72. The Kier molecular flexibility index (Phi) is 6.23. The van der Waals surface area contributed by atoms with Gasteiger partial charge in [0.05, 0.1) is 24.0 Å². The largest absolute Gasteiger partial charge is 0.383 e. The molecular weight excluding hydrogens is 445 g/mol. The molecule has 1 fully saturated rings. The Morgan fingerprint density at radius 2 is 2.00 bits per heavy atom. The van der Waals surface area contributed by atoms with Crippen LogP contribution in [0, 0.1) is 19.7 Å². The fourth-order valence-electron chi connectivity index (χ4n) is 5.38. The van der Waals surface area contributed by atoms with Crippen LogP contribution < -0.4 is 4.90 Å². The van der Waals surface area contributed by atoms with Crippen molar-refractivity contribution in [2.45, 2.75) is 46.6 Å². The number of pyridine rings is 2. The fraction of sp³-hybridized carbons (Fsp3) is 0.500. The number of halogens is 1. The molecule has 0 aromatic carbocycles. The lowest BCUT2D eigenvalue weighted by Gasteiger charge is -2.40. The minimum absolute atomic E-state index is 0.109. The van der Waals surface area contributed by atoms with Gasteiger partial charge in [0.25, 0.3) is 0 Å². The van der Waals surface area contributed by atoms with Crippen molar-refractivity contribution < 1.29 is 9.13 Å². The average Bonchev–Trinajstić information content (AvgIpc) is 3.46. The lowest BCUT2D eigenvalue weighted by molar-refractivity contribution is 0.135. The molecule has 0 amide bonds. The zero-order valence-electron chi connectivity index (χ0n) is 21.4. The predicted molar refractivity (Wildman–Crippen MR) is 137 cm³/mol. The van der Waals surface area contributed by atoms with Gasteiger partial charge in [0.2, 0.25) is 0 Å². The van der Waals surface area contributed by atoms with E-state index in [-0.39, 0.29) is 17.8 Å². The predicted octanol–water partition coefficient (Wildman–Crippen LogP) is 4.31. The number of rotatable bonds is 6. The zero-order valence-corrected chi connectivity index (χ0v) is 21.4. The lowest BCUT2D eigenvalue weighted by atomic mass is 9.94. The molecule has 186 valence electrons. The number of anilines is 1. The highest BCUT2D eigenvalue weighted by molar-refractivity contribution is 5.94. The number of H-pyrrole nitrogens is 1. The first-order chi connectivity index (χ1) is 16.8. The van der Waals surface area contributed by atoms with E-state index in [4.69, 9.17) is 4.74 Å². The molecule has 9 heteroatoms. The summed E-state index contributed by atoms with van der Waals surface area (Å²) in [6, 6.07) is 0.153. The van der Waals surface area contributed by atoms with Gasteiger partial charge in [-0.3, -0.25) is 4.90 Å². The van der Waals surface area contributed by atoms with Gasteiger partial charge in [-0.15, -0.1) is 0 Å². The maximum atomic E-state index is 16.3. The maximum Gasteiger partial charge on any atom is 0.175 e. The molecule has 4 aromatic heterocycles. The van der Waals surface area contributed by atoms with Gasteiger partial charge in [-0.1, -0.05) is 13.8 Å². The van der Waals surface area contributed by atoms with Gasteiger partial charge in [0, 0.05) is 56.5 Å². The summed E-state index contributed by atoms with van der Waals surface area (Å²) in [5.41, 5.74) is 6.61. The van der Waals surface area contributed by atoms with Crippen LogP contribution in [0.1, 0.15) is 43.4 Å². The highest BCUT2D eigenvalue weighted by atomic mass is 19.1. The third-order valence-corrected chi connectivity index (χ3v) is 7.37. The molecule has 0 spiro atoms. The molecule has 1 aliphatic rings. The average molecular weight is 480 g/mol. The highest BCUT2D eigenvalue weighted by Gasteiger charge is 2.30. The van der Waals surface area contributed by atoms with Crippen LogP contribution >= 0.6 is 0 Å². The van der Waals surface area contributed by atoms with Crippen molar-refractivity contribution in [2.75, 3.05) is 44.8 Å². The third kappa shape index (κ3) is 3.96. The van der Waals surface area contributed by atoms with E-state index in [1.807, 2.05) is 6.20 Å². The SMILES string of the molecule is COCCN1CCN(c2ncc3[nH]c(-c4cn5ncnc5c(C)c4C)c(C(C)C)c3c2F)C(C)C1. The minimum atomic E-state index is -0.248. The van der Waals surface area contributed by atoms with Crippen LogP contribution in [0.5, 0.6) is 0 Å². The Balaban J connectivity index is 1.61. The summed E-state index contributed by atoms with van der Waals surface area (Å²) in [5, 5.41) is 4.98. The number of aromatic amines is 1. The molecule has 1 aliphatic heterocycles. The molecule has 1 atom stereocenters. The Bertz CT molecular complexity index is 1380. The Labute approximate surface area is 205 Å². The molecule has 0 aliphatic carbocycles. The van der Waals surface area contributed by atoms with Crippen LogP contribution in [0.25, 0.3) is 27.8 Å². The summed E-state index contributed by atoms with van der Waals surface area (Å²) < 4.78 is 23.3. The number of methoxy groups -OCH3 is 1. The van der Waals surface area contributed by atoms with Crippen LogP contribution in [0.2, 0.25) is 0 Å². The van der Waals surface area contributed by atoms with E-state index in [2.05, 4.69) is 64.5 Å². The van der Waals surface area contributed by atoms with E-state index in [1.165, 1.54) is 0 Å². The number of nitrogens with one attached hydrogen (secondary N) is 1. The second-order valence-electron chi connectivity index (χ2n) is 9.91. The monoisotopic (exact) mass is 479 g/mol. The number of ether oxygens (including phenoxy) is 1. The summed E-state index contributed by atoms with van der Waals surface area (Å²) in [4.78, 5) is 16.9. The molecule has 35 heavy (non-hydrogen) atoms. The van der Waals surface area contributed by atoms with Crippen molar-refractivity contribution in [1.29, 1.82) is 0 Å². The number of hydrogen-bond donors (Lipinski definition) is 1. The topological polar surface area (TPSA) is 74.6 Å². The minimum Gasteiger partial charge on any atom is -0.383 e. The molecule has 8 nitrogen and oxygen atoms in total. The van der Waals surface area contributed by atoms with E-state index in [1.54, 1.807) is 24.1 Å². The van der Waals surface area contributed by atoms with Gasteiger partial charge in [0.1, 0.15) is 6.33 Å². The number of nitrogens with zero attached hydrogens (tertiary/aromatic N) is 6. The zero-order chi connectivity index (χ0) is 24.9. The molecule has 1 N–H and O–H groups in total. The summed E-state index contributed by atoms with van der Waals surface area (Å²) >= 11 is 0. The van der Waals surface area contributed by atoms with Crippen LogP contribution in [0.3, 0.4) is 0 Å². The molecule has 0 radical (unpaired) electrons. The number of piperazine rings is 1. The number of aromatic nitrogens is 5. The second kappa shape index (κ2) is 9.20. The van der Waals surface area contributed by atoms with Crippen molar-refractivity contribution >= 4 is 22.4 Å². The van der Waals surface area contributed by atoms with Gasteiger partial charge in [0.15, 0.2) is 17.3 Å². The van der Waals surface area contributed by atoms with Crippen LogP contribution in [0.15, 0.2) is 18.7 Å². The molecule has 1 saturated heterocycles. The van der Waals surface area contributed by atoms with Gasteiger partial charge in [-0.2, -0.15) is 5.10 Å². The normalized spacial score (nSPS) is 17.4. The van der Waals surface area contributed by atoms with Crippen molar-refractivity contribution in [3.63, 3.8) is 0 Å². The van der Waals surface area contributed by atoms with Gasteiger partial charge in [-0.05, 0) is 43.4 Å². The molecule has 1 unspecified atom stereocenters. The summed E-state index contributed by atoms with van der Waals surface area (Å²) in [5.74, 6) is 0.295. The first-order valence-electron chi connectivity index (χ1n) is 12.3. The Hall–Kier alpha value is -3.04. The molecule has 5 heterocycles. The van der Waals surface area contributed by atoms with E-state index in [0.29, 0.717) is 23.3 Å². The lowest BCUT2D eigenvalue weighted by Crippen LogP contribution is -2.53. The molecule has 5 rings (SSSR count). The second-order valence-corrected chi connectivity index (χ2v) is 9.91. The fourth-order valence-corrected chi connectivity index (χ4v) is 5.38. The van der Waals surface area contributed by atoms with E-state index in [0.717, 1.165) is 59.8 Å². The molecule has 0 bridgehead atoms. The molecule has 0 saturated carbocycles. The van der Waals surface area contributed by atoms with Gasteiger partial charge < -0.3 is 14.6 Å². The summed E-state index contributed by atoms with van der Waals surface area (Å²) in [6.07, 6.45) is 5.32. The standard InChI is InChI=1S/C26H34FN7O/c1-15(2)21-22-20(31-24(21)19-13-34-25(29-14-30-34)18(5)17(19)4)11-28-26(23(22)27)33-8-7-32(9-10-35-6)12-16(33)3/h11,13-16,31H,7-10,12H2,1-6H3. The number of aryl methyl sites for hydroxylation is 1. The van der Waals surface area contributed by atoms with Crippen LogP contribution in [-0.4, -0.2) is 75.4 Å².